The van der Waals surface area contributed by atoms with Crippen molar-refractivity contribution in [2.75, 3.05) is 0 Å². The number of hydroxylamine groups is 1. The molecule has 0 fully saturated rings. The fourth-order valence-electron chi connectivity index (χ4n) is 0.905. The molecule has 0 bridgehead atoms. The highest BCUT2D eigenvalue weighted by molar-refractivity contribution is 6.30. The van der Waals surface area contributed by atoms with Gasteiger partial charge in [-0.2, -0.15) is 0 Å². The van der Waals surface area contributed by atoms with Gasteiger partial charge >= 0.3 is 0 Å². The van der Waals surface area contributed by atoms with Crippen molar-refractivity contribution in [2.24, 2.45) is 4.99 Å². The van der Waals surface area contributed by atoms with Crippen molar-refractivity contribution in [3.05, 3.63) is 28.8 Å². The van der Waals surface area contributed by atoms with Crippen molar-refractivity contribution in [3.8, 4) is 0 Å². The molecule has 70 valence electrons. The molecule has 0 atom stereocenters. The average Bonchev–Trinajstić information content (AvgIpc) is 2.16. The maximum atomic E-state index is 8.93. The van der Waals surface area contributed by atoms with E-state index < -0.39 is 0 Å². The smallest absolute Gasteiger partial charge is 0.113 e. The zero-order valence-corrected chi connectivity index (χ0v) is 7.49. The van der Waals surface area contributed by atoms with Gasteiger partial charge in [-0.1, -0.05) is 11.6 Å². The molecule has 0 amide bonds. The normalized spacial score (nSPS) is 10.7. The quantitative estimate of drug-likeness (QED) is 0.393. The molecule has 1 rings (SSSR count). The summed E-state index contributed by atoms with van der Waals surface area (Å²) in [6, 6.07) is 4.93. The number of rotatable bonds is 3. The molecule has 3 N–H and O–H groups in total. The Morgan fingerprint density at radius 1 is 1.54 bits per heavy atom. The second kappa shape index (κ2) is 4.81. The third kappa shape index (κ3) is 2.69. The monoisotopic (exact) mass is 200 g/mol. The SMILES string of the molecule is OCc1cc(Cl)ccc1N=CNO. The number of benzene rings is 1. The summed E-state index contributed by atoms with van der Waals surface area (Å²) in [6.07, 6.45) is 1.11. The Labute approximate surface area is 80.5 Å². The standard InChI is InChI=1S/C8H9ClN2O2/c9-7-1-2-8(10-5-11-13)6(3-7)4-12/h1-3,5,12-13H,4H2,(H,10,11). The number of aliphatic hydroxyl groups is 1. The van der Waals surface area contributed by atoms with Crippen LogP contribution in [0.5, 0.6) is 0 Å². The Morgan fingerprint density at radius 3 is 2.92 bits per heavy atom. The van der Waals surface area contributed by atoms with E-state index >= 15 is 0 Å². The van der Waals surface area contributed by atoms with Gasteiger partial charge in [0, 0.05) is 10.6 Å². The summed E-state index contributed by atoms with van der Waals surface area (Å²) in [4.78, 5) is 3.83. The summed E-state index contributed by atoms with van der Waals surface area (Å²) < 4.78 is 0. The van der Waals surface area contributed by atoms with Crippen LogP contribution in [0.2, 0.25) is 5.02 Å². The molecule has 0 saturated carbocycles. The molecule has 0 unspecified atom stereocenters. The molecule has 0 aliphatic rings. The zero-order valence-electron chi connectivity index (χ0n) is 6.74. The molecule has 0 aliphatic heterocycles. The van der Waals surface area contributed by atoms with E-state index in [-0.39, 0.29) is 6.61 Å². The van der Waals surface area contributed by atoms with Gasteiger partial charge in [-0.05, 0) is 18.2 Å². The van der Waals surface area contributed by atoms with Gasteiger partial charge in [0.25, 0.3) is 0 Å². The van der Waals surface area contributed by atoms with Crippen molar-refractivity contribution in [1.29, 1.82) is 0 Å². The molecule has 13 heavy (non-hydrogen) atoms. The number of nitrogens with one attached hydrogen (secondary N) is 1. The molecular weight excluding hydrogens is 192 g/mol. The molecular formula is C8H9ClN2O2. The van der Waals surface area contributed by atoms with Gasteiger partial charge in [-0.3, -0.25) is 10.7 Å². The van der Waals surface area contributed by atoms with Crippen LogP contribution in [0, 0.1) is 0 Å². The van der Waals surface area contributed by atoms with E-state index in [2.05, 4.69) is 4.99 Å². The summed E-state index contributed by atoms with van der Waals surface area (Å²) in [7, 11) is 0. The summed E-state index contributed by atoms with van der Waals surface area (Å²) in [5, 5.41) is 17.7. The molecule has 4 nitrogen and oxygen atoms in total. The number of halogens is 1. The maximum absolute atomic E-state index is 8.93. The first kappa shape index (κ1) is 9.98. The Morgan fingerprint density at radius 2 is 2.31 bits per heavy atom. The second-order valence-corrected chi connectivity index (χ2v) is 2.75. The zero-order chi connectivity index (χ0) is 9.68. The lowest BCUT2D eigenvalue weighted by Crippen LogP contribution is -2.01. The molecule has 0 aliphatic carbocycles. The number of hydrogen-bond donors (Lipinski definition) is 3. The molecule has 0 radical (unpaired) electrons. The number of hydrogen-bond acceptors (Lipinski definition) is 3. The van der Waals surface area contributed by atoms with Gasteiger partial charge in [0.2, 0.25) is 0 Å². The number of aliphatic hydroxyl groups excluding tert-OH is 1. The summed E-state index contributed by atoms with van der Waals surface area (Å²) in [6.45, 7) is -0.140. The van der Waals surface area contributed by atoms with Crippen LogP contribution in [-0.4, -0.2) is 16.7 Å². The van der Waals surface area contributed by atoms with Crippen molar-refractivity contribution >= 4 is 23.6 Å². The van der Waals surface area contributed by atoms with Gasteiger partial charge in [0.15, 0.2) is 0 Å². The fraction of sp³-hybridized carbons (Fsp3) is 0.125. The topological polar surface area (TPSA) is 64.9 Å². The molecule has 0 heterocycles. The molecule has 1 aromatic carbocycles. The van der Waals surface area contributed by atoms with Crippen LogP contribution in [0.4, 0.5) is 5.69 Å². The van der Waals surface area contributed by atoms with Crippen molar-refractivity contribution in [3.63, 3.8) is 0 Å². The second-order valence-electron chi connectivity index (χ2n) is 2.32. The summed E-state index contributed by atoms with van der Waals surface area (Å²) >= 11 is 5.70. The van der Waals surface area contributed by atoms with Crippen molar-refractivity contribution in [1.82, 2.24) is 5.48 Å². The third-order valence-electron chi connectivity index (χ3n) is 1.47. The minimum atomic E-state index is -0.140. The number of aliphatic imine (C=N–C) groups is 1. The highest BCUT2D eigenvalue weighted by Gasteiger charge is 1.99. The highest BCUT2D eigenvalue weighted by Crippen LogP contribution is 2.22. The Balaban J connectivity index is 2.99. The maximum Gasteiger partial charge on any atom is 0.113 e. The van der Waals surface area contributed by atoms with Gasteiger partial charge in [0.05, 0.1) is 12.3 Å². The van der Waals surface area contributed by atoms with E-state index in [1.54, 1.807) is 23.7 Å². The molecule has 0 spiro atoms. The average molecular weight is 201 g/mol. The first-order chi connectivity index (χ1) is 6.27. The van der Waals surface area contributed by atoms with Crippen LogP contribution in [0.25, 0.3) is 0 Å². The van der Waals surface area contributed by atoms with Gasteiger partial charge in [-0.15, -0.1) is 0 Å². The molecule has 0 saturated heterocycles. The summed E-state index contributed by atoms with van der Waals surface area (Å²) in [5.74, 6) is 0. The van der Waals surface area contributed by atoms with Crippen LogP contribution >= 0.6 is 11.6 Å². The third-order valence-corrected chi connectivity index (χ3v) is 1.71. The molecule has 5 heteroatoms. The Kier molecular flexibility index (Phi) is 3.70. The van der Waals surface area contributed by atoms with Crippen LogP contribution in [0.3, 0.4) is 0 Å². The van der Waals surface area contributed by atoms with E-state index in [0.717, 1.165) is 6.34 Å². The van der Waals surface area contributed by atoms with Crippen molar-refractivity contribution < 1.29 is 10.3 Å². The first-order valence-corrected chi connectivity index (χ1v) is 3.97. The number of nitrogens with zero attached hydrogens (tertiary/aromatic N) is 1. The van der Waals surface area contributed by atoms with Crippen LogP contribution < -0.4 is 5.48 Å². The first-order valence-electron chi connectivity index (χ1n) is 3.59. The predicted octanol–water partition coefficient (Wildman–Crippen LogP) is 1.47. The molecule has 1 aromatic rings. The minimum Gasteiger partial charge on any atom is -0.392 e. The highest BCUT2D eigenvalue weighted by atomic mass is 35.5. The van der Waals surface area contributed by atoms with Gasteiger partial charge in [0.1, 0.15) is 6.34 Å². The van der Waals surface area contributed by atoms with Gasteiger partial charge in [-0.25, -0.2) is 4.99 Å². The van der Waals surface area contributed by atoms with E-state index in [4.69, 9.17) is 21.9 Å². The van der Waals surface area contributed by atoms with E-state index in [9.17, 15) is 0 Å². The van der Waals surface area contributed by atoms with E-state index in [1.807, 2.05) is 0 Å². The van der Waals surface area contributed by atoms with Crippen LogP contribution in [0.15, 0.2) is 23.2 Å². The Hall–Kier alpha value is -1.10. The fourth-order valence-corrected chi connectivity index (χ4v) is 1.10. The minimum absolute atomic E-state index is 0.140. The van der Waals surface area contributed by atoms with Crippen LogP contribution in [-0.2, 0) is 6.61 Å². The predicted molar refractivity (Wildman–Crippen MR) is 50.4 cm³/mol. The summed E-state index contributed by atoms with van der Waals surface area (Å²) in [5.41, 5.74) is 2.95. The van der Waals surface area contributed by atoms with Gasteiger partial charge < -0.3 is 5.11 Å². The Bertz CT molecular complexity index is 315. The lowest BCUT2D eigenvalue weighted by Gasteiger charge is -2.01. The lowest BCUT2D eigenvalue weighted by molar-refractivity contribution is 0.240. The van der Waals surface area contributed by atoms with Crippen molar-refractivity contribution in [2.45, 2.75) is 6.61 Å². The largest absolute Gasteiger partial charge is 0.392 e. The van der Waals surface area contributed by atoms with E-state index in [0.29, 0.717) is 16.3 Å². The lowest BCUT2D eigenvalue weighted by atomic mass is 10.2. The molecule has 0 aromatic heterocycles. The van der Waals surface area contributed by atoms with E-state index in [1.165, 1.54) is 0 Å². The van der Waals surface area contributed by atoms with Crippen LogP contribution in [0.1, 0.15) is 5.56 Å².